The molecule has 244 valence electrons. The molecule has 0 aliphatic heterocycles. The zero-order chi connectivity index (χ0) is 33.4. The second-order valence-electron chi connectivity index (χ2n) is 11.2. The molecule has 5 rings (SSSR count). The highest BCUT2D eigenvalue weighted by Gasteiger charge is 2.19. The fourth-order valence-corrected chi connectivity index (χ4v) is 6.38. The summed E-state index contributed by atoms with van der Waals surface area (Å²) in [6.07, 6.45) is 4.25. The number of nitrogens with one attached hydrogen (secondary N) is 1. The largest absolute Gasteiger partial charge is 0.489 e. The summed E-state index contributed by atoms with van der Waals surface area (Å²) in [7, 11) is -3.97. The van der Waals surface area contributed by atoms with Gasteiger partial charge in [0.1, 0.15) is 18.2 Å². The number of benzene rings is 4. The number of rotatable bonds is 14. The first-order valence-electron chi connectivity index (χ1n) is 15.6. The molecule has 9 nitrogen and oxygen atoms in total. The van der Waals surface area contributed by atoms with Gasteiger partial charge in [-0.05, 0) is 72.0 Å². The zero-order valence-corrected chi connectivity index (χ0v) is 27.9. The van der Waals surface area contributed by atoms with E-state index in [0.717, 1.165) is 48.1 Å². The van der Waals surface area contributed by atoms with Crippen molar-refractivity contribution in [3.8, 4) is 11.4 Å². The quantitative estimate of drug-likeness (QED) is 0.140. The third kappa shape index (κ3) is 8.19. The van der Waals surface area contributed by atoms with Gasteiger partial charge in [0.15, 0.2) is 0 Å². The van der Waals surface area contributed by atoms with Crippen molar-refractivity contribution in [3.05, 3.63) is 141 Å². The maximum Gasteiger partial charge on any atom is 0.351 e. The zero-order valence-electron chi connectivity index (χ0n) is 26.4. The van der Waals surface area contributed by atoms with Gasteiger partial charge in [-0.25, -0.2) is 17.9 Å². The molecule has 0 saturated carbocycles. The van der Waals surface area contributed by atoms with Crippen molar-refractivity contribution in [2.24, 2.45) is 0 Å². The molecule has 5 aromatic rings. The van der Waals surface area contributed by atoms with E-state index < -0.39 is 15.9 Å². The summed E-state index contributed by atoms with van der Waals surface area (Å²) in [6.45, 7) is 4.82. The average Bonchev–Trinajstić information content (AvgIpc) is 3.38. The molecule has 0 unspecified atom stereocenters. The molecule has 0 aliphatic carbocycles. The molecular formula is C36H37ClN4O5S. The highest BCUT2D eigenvalue weighted by molar-refractivity contribution is 7.90. The molecule has 0 radical (unpaired) electrons. The van der Waals surface area contributed by atoms with Gasteiger partial charge in [0.05, 0.1) is 22.2 Å². The Hall–Kier alpha value is -4.67. The summed E-state index contributed by atoms with van der Waals surface area (Å²) in [6, 6.07) is 27.5. The van der Waals surface area contributed by atoms with E-state index in [1.807, 2.05) is 24.3 Å². The Labute approximate surface area is 279 Å². The number of halogens is 1. The number of hydrogen-bond acceptors (Lipinski definition) is 6. The lowest BCUT2D eigenvalue weighted by Gasteiger charge is -2.14. The Balaban J connectivity index is 1.30. The minimum atomic E-state index is -3.97. The van der Waals surface area contributed by atoms with Crippen molar-refractivity contribution in [2.45, 2.75) is 64.0 Å². The van der Waals surface area contributed by atoms with E-state index in [-0.39, 0.29) is 22.8 Å². The molecule has 0 saturated heterocycles. The lowest BCUT2D eigenvalue weighted by molar-refractivity contribution is 0.0981. The van der Waals surface area contributed by atoms with Crippen LogP contribution in [0.15, 0.2) is 107 Å². The van der Waals surface area contributed by atoms with Crippen molar-refractivity contribution in [1.29, 1.82) is 0 Å². The van der Waals surface area contributed by atoms with Crippen LogP contribution in [0.4, 0.5) is 0 Å². The second-order valence-corrected chi connectivity index (χ2v) is 13.3. The first kappa shape index (κ1) is 33.7. The fourth-order valence-electron chi connectivity index (χ4n) is 5.17. The standard InChI is InChI=1S/C36H37ClN4O5S/c1-3-5-16-34-38-41(32-15-10-9-14-31(32)37)36(43)40(34)24-27-19-22-33(29(23-27)11-4-2)46-25-26-17-20-28(21-18-26)35(42)39-47(44,45)30-12-7-6-8-13-30/h6-10,12-15,17-23H,3-5,11,16,24-25H2,1-2H3,(H,39,42). The van der Waals surface area contributed by atoms with Crippen LogP contribution in [0.3, 0.4) is 0 Å². The van der Waals surface area contributed by atoms with Crippen LogP contribution in [0.2, 0.25) is 5.02 Å². The smallest absolute Gasteiger partial charge is 0.351 e. The van der Waals surface area contributed by atoms with Crippen LogP contribution in [0.25, 0.3) is 5.69 Å². The average molecular weight is 673 g/mol. The van der Waals surface area contributed by atoms with Gasteiger partial charge < -0.3 is 4.74 Å². The number of nitrogens with zero attached hydrogens (tertiary/aromatic N) is 3. The van der Waals surface area contributed by atoms with E-state index in [4.69, 9.17) is 16.3 Å². The maximum absolute atomic E-state index is 13.6. The predicted molar refractivity (Wildman–Crippen MR) is 183 cm³/mol. The van der Waals surface area contributed by atoms with E-state index >= 15 is 0 Å². The van der Waals surface area contributed by atoms with Crippen LogP contribution in [0.1, 0.15) is 66.0 Å². The number of sulfonamides is 1. The molecular weight excluding hydrogens is 636 g/mol. The van der Waals surface area contributed by atoms with Crippen molar-refractivity contribution in [2.75, 3.05) is 0 Å². The first-order valence-corrected chi connectivity index (χ1v) is 17.5. The number of para-hydroxylation sites is 1. The molecule has 1 aromatic heterocycles. The van der Waals surface area contributed by atoms with Crippen LogP contribution in [-0.4, -0.2) is 28.7 Å². The molecule has 1 N–H and O–H groups in total. The number of carbonyl (C=O) groups is 1. The van der Waals surface area contributed by atoms with E-state index in [0.29, 0.717) is 29.5 Å². The van der Waals surface area contributed by atoms with E-state index in [1.165, 1.54) is 16.8 Å². The van der Waals surface area contributed by atoms with Crippen molar-refractivity contribution in [1.82, 2.24) is 19.1 Å². The van der Waals surface area contributed by atoms with Gasteiger partial charge in [0, 0.05) is 12.0 Å². The van der Waals surface area contributed by atoms with Crippen molar-refractivity contribution in [3.63, 3.8) is 0 Å². The molecule has 0 fully saturated rings. The Bertz CT molecular complexity index is 2010. The summed E-state index contributed by atoms with van der Waals surface area (Å²) in [5.74, 6) is 0.733. The summed E-state index contributed by atoms with van der Waals surface area (Å²) in [5, 5.41) is 5.13. The van der Waals surface area contributed by atoms with Crippen LogP contribution < -0.4 is 15.1 Å². The highest BCUT2D eigenvalue weighted by atomic mass is 35.5. The molecule has 0 bridgehead atoms. The molecule has 0 aliphatic rings. The third-order valence-corrected chi connectivity index (χ3v) is 9.32. The summed E-state index contributed by atoms with van der Waals surface area (Å²) in [4.78, 5) is 26.2. The predicted octanol–water partition coefficient (Wildman–Crippen LogP) is 6.73. The number of ether oxygens (including phenoxy) is 1. The minimum absolute atomic E-state index is 0.0171. The third-order valence-electron chi connectivity index (χ3n) is 7.65. The number of aryl methyl sites for hydroxylation is 2. The molecule has 0 spiro atoms. The number of aromatic nitrogens is 3. The van der Waals surface area contributed by atoms with Crippen LogP contribution >= 0.6 is 11.6 Å². The molecule has 47 heavy (non-hydrogen) atoms. The number of hydrogen-bond donors (Lipinski definition) is 1. The Morgan fingerprint density at radius 2 is 1.57 bits per heavy atom. The molecule has 1 amide bonds. The summed E-state index contributed by atoms with van der Waals surface area (Å²) >= 11 is 6.41. The van der Waals surface area contributed by atoms with Gasteiger partial charge in [-0.1, -0.05) is 92.9 Å². The maximum atomic E-state index is 13.6. The highest BCUT2D eigenvalue weighted by Crippen LogP contribution is 2.25. The summed E-state index contributed by atoms with van der Waals surface area (Å²) < 4.78 is 36.5. The van der Waals surface area contributed by atoms with Crippen LogP contribution in [0, 0.1) is 0 Å². The van der Waals surface area contributed by atoms with Gasteiger partial charge in [-0.2, -0.15) is 4.68 Å². The Kier molecular flexibility index (Phi) is 11.0. The van der Waals surface area contributed by atoms with Crippen molar-refractivity contribution >= 4 is 27.5 Å². The number of amides is 1. The number of unbranched alkanes of at least 4 members (excludes halogenated alkanes) is 1. The Morgan fingerprint density at radius 1 is 0.872 bits per heavy atom. The molecule has 4 aromatic carbocycles. The normalized spacial score (nSPS) is 11.4. The topological polar surface area (TPSA) is 112 Å². The lowest BCUT2D eigenvalue weighted by Crippen LogP contribution is -2.30. The minimum Gasteiger partial charge on any atom is -0.489 e. The monoisotopic (exact) mass is 672 g/mol. The van der Waals surface area contributed by atoms with E-state index in [1.54, 1.807) is 59.2 Å². The lowest BCUT2D eigenvalue weighted by atomic mass is 10.0. The first-order chi connectivity index (χ1) is 22.7. The van der Waals surface area contributed by atoms with E-state index in [9.17, 15) is 18.0 Å². The summed E-state index contributed by atoms with van der Waals surface area (Å²) in [5.41, 5.74) is 3.33. The van der Waals surface area contributed by atoms with Gasteiger partial charge in [0.25, 0.3) is 15.9 Å². The van der Waals surface area contributed by atoms with Crippen LogP contribution in [-0.2, 0) is 36.0 Å². The van der Waals surface area contributed by atoms with Gasteiger partial charge in [0.2, 0.25) is 0 Å². The van der Waals surface area contributed by atoms with Gasteiger partial charge >= 0.3 is 5.69 Å². The fraction of sp³-hybridized carbons (Fsp3) is 0.250. The second kappa shape index (κ2) is 15.3. The van der Waals surface area contributed by atoms with E-state index in [2.05, 4.69) is 29.7 Å². The SMILES string of the molecule is CCCCc1nn(-c2ccccc2Cl)c(=O)n1Cc1ccc(OCc2ccc(C(=O)NS(=O)(=O)c3ccccc3)cc2)c(CCC)c1. The van der Waals surface area contributed by atoms with Crippen molar-refractivity contribution < 1.29 is 17.9 Å². The molecule has 1 heterocycles. The van der Waals surface area contributed by atoms with Crippen LogP contribution in [0.5, 0.6) is 5.75 Å². The van der Waals surface area contributed by atoms with Gasteiger partial charge in [-0.3, -0.25) is 9.36 Å². The number of carbonyl (C=O) groups excluding carboxylic acids is 1. The molecule has 0 atom stereocenters. The molecule has 11 heteroatoms. The Morgan fingerprint density at radius 3 is 2.28 bits per heavy atom. The van der Waals surface area contributed by atoms with Gasteiger partial charge in [-0.15, -0.1) is 5.10 Å².